The Kier molecular flexibility index (Phi) is 6.81. The molecule has 0 amide bonds. The molecule has 3 nitrogen and oxygen atoms in total. The first-order chi connectivity index (χ1) is 17.0. The molecule has 35 heavy (non-hydrogen) atoms. The summed E-state index contributed by atoms with van der Waals surface area (Å²) in [6.07, 6.45) is 2.02. The van der Waals surface area contributed by atoms with Crippen molar-refractivity contribution in [3.8, 4) is 0 Å². The Morgan fingerprint density at radius 2 is 1.66 bits per heavy atom. The summed E-state index contributed by atoms with van der Waals surface area (Å²) in [5, 5.41) is 8.54. The van der Waals surface area contributed by atoms with Gasteiger partial charge in [-0.05, 0) is 48.6 Å². The number of hydrogen-bond acceptors (Lipinski definition) is 2. The molecule has 0 unspecified atom stereocenters. The van der Waals surface area contributed by atoms with Gasteiger partial charge in [-0.3, -0.25) is 4.99 Å². The summed E-state index contributed by atoms with van der Waals surface area (Å²) in [5.74, 6) is 0. The topological polar surface area (TPSA) is 29.3 Å². The number of aliphatic imine (C=N–C) groups is 1. The number of para-hydroxylation sites is 1. The Labute approximate surface area is 216 Å². The fourth-order valence-electron chi connectivity index (χ4n) is 4.71. The number of rotatable bonds is 7. The maximum Gasteiger partial charge on any atom is 0.0562 e. The average molecular weight is 500 g/mol. The van der Waals surface area contributed by atoms with E-state index >= 15 is 0 Å². The fourth-order valence-corrected chi connectivity index (χ4v) is 5.18. The third-order valence-electron chi connectivity index (χ3n) is 6.50. The van der Waals surface area contributed by atoms with Crippen molar-refractivity contribution in [1.29, 1.82) is 0 Å². The van der Waals surface area contributed by atoms with Crippen molar-refractivity contribution in [1.82, 2.24) is 4.57 Å². The lowest BCUT2D eigenvalue weighted by molar-refractivity contribution is 0.802. The van der Waals surface area contributed by atoms with E-state index in [1.807, 2.05) is 18.3 Å². The SMILES string of the molecule is Cc1cccc2c(C=NCCNc3cccc4ccccc34)c(C)n(Cc3ccc(Cl)cc3Cl)c12. The summed E-state index contributed by atoms with van der Waals surface area (Å²) in [5.41, 5.74) is 6.95. The minimum absolute atomic E-state index is 0.647. The summed E-state index contributed by atoms with van der Waals surface area (Å²) in [7, 11) is 0. The quantitative estimate of drug-likeness (QED) is 0.177. The largest absolute Gasteiger partial charge is 0.383 e. The van der Waals surface area contributed by atoms with Crippen LogP contribution in [0.5, 0.6) is 0 Å². The van der Waals surface area contributed by atoms with Gasteiger partial charge in [0, 0.05) is 57.1 Å². The van der Waals surface area contributed by atoms with Crippen LogP contribution in [0.4, 0.5) is 5.69 Å². The number of fused-ring (bicyclic) bond motifs is 2. The molecular weight excluding hydrogens is 473 g/mol. The monoisotopic (exact) mass is 499 g/mol. The van der Waals surface area contributed by atoms with Gasteiger partial charge in [0.25, 0.3) is 0 Å². The normalized spacial score (nSPS) is 11.7. The van der Waals surface area contributed by atoms with Gasteiger partial charge in [-0.15, -0.1) is 0 Å². The van der Waals surface area contributed by atoms with Crippen LogP contribution < -0.4 is 5.32 Å². The van der Waals surface area contributed by atoms with E-state index < -0.39 is 0 Å². The van der Waals surface area contributed by atoms with Gasteiger partial charge in [-0.25, -0.2) is 0 Å². The van der Waals surface area contributed by atoms with Crippen molar-refractivity contribution in [2.75, 3.05) is 18.4 Å². The van der Waals surface area contributed by atoms with Gasteiger partial charge in [0.05, 0.1) is 12.1 Å². The molecule has 0 spiro atoms. The van der Waals surface area contributed by atoms with Crippen LogP contribution in [0.25, 0.3) is 21.7 Å². The number of benzene rings is 4. The van der Waals surface area contributed by atoms with E-state index in [2.05, 4.69) is 84.4 Å². The fraction of sp³-hybridized carbons (Fsp3) is 0.167. The molecule has 1 N–H and O–H groups in total. The smallest absolute Gasteiger partial charge is 0.0562 e. The van der Waals surface area contributed by atoms with Crippen molar-refractivity contribution in [2.24, 2.45) is 4.99 Å². The van der Waals surface area contributed by atoms with Gasteiger partial charge in [-0.2, -0.15) is 0 Å². The molecule has 5 rings (SSSR count). The molecule has 0 atom stereocenters. The van der Waals surface area contributed by atoms with Crippen molar-refractivity contribution in [3.05, 3.63) is 111 Å². The standard InChI is InChI=1S/C30H27Cl2N3/c1-20-7-5-11-26-27(21(2)35(30(20)26)19-23-13-14-24(31)17-28(23)32)18-33-15-16-34-29-12-6-9-22-8-3-4-10-25(22)29/h3-14,17-18,34H,15-16,19H2,1-2H3. The van der Waals surface area contributed by atoms with Crippen LogP contribution in [0.15, 0.2) is 83.9 Å². The Hall–Kier alpha value is -3.27. The summed E-state index contributed by atoms with van der Waals surface area (Å²) < 4.78 is 2.33. The second kappa shape index (κ2) is 10.2. The molecule has 1 heterocycles. The van der Waals surface area contributed by atoms with Crippen molar-refractivity contribution in [2.45, 2.75) is 20.4 Å². The first kappa shape index (κ1) is 23.5. The van der Waals surface area contributed by atoms with Gasteiger partial charge in [0.2, 0.25) is 0 Å². The first-order valence-corrected chi connectivity index (χ1v) is 12.5. The van der Waals surface area contributed by atoms with Crippen LogP contribution in [0, 0.1) is 13.8 Å². The Morgan fingerprint density at radius 3 is 2.51 bits per heavy atom. The van der Waals surface area contributed by atoms with Gasteiger partial charge < -0.3 is 9.88 Å². The zero-order valence-electron chi connectivity index (χ0n) is 19.9. The molecule has 0 aliphatic carbocycles. The minimum Gasteiger partial charge on any atom is -0.383 e. The highest BCUT2D eigenvalue weighted by Crippen LogP contribution is 2.30. The molecule has 0 saturated heterocycles. The number of halogens is 2. The Balaban J connectivity index is 1.38. The number of aromatic nitrogens is 1. The molecule has 5 heteroatoms. The molecule has 0 radical (unpaired) electrons. The highest BCUT2D eigenvalue weighted by molar-refractivity contribution is 6.35. The van der Waals surface area contributed by atoms with E-state index in [1.165, 1.54) is 32.9 Å². The van der Waals surface area contributed by atoms with E-state index in [9.17, 15) is 0 Å². The van der Waals surface area contributed by atoms with Crippen molar-refractivity contribution in [3.63, 3.8) is 0 Å². The van der Waals surface area contributed by atoms with Crippen LogP contribution in [0.3, 0.4) is 0 Å². The second-order valence-electron chi connectivity index (χ2n) is 8.78. The maximum atomic E-state index is 6.50. The Morgan fingerprint density at radius 1 is 0.886 bits per heavy atom. The number of hydrogen-bond donors (Lipinski definition) is 1. The maximum absolute atomic E-state index is 6.50. The number of aryl methyl sites for hydroxylation is 1. The molecular formula is C30H27Cl2N3. The van der Waals surface area contributed by atoms with Gasteiger partial charge in [0.1, 0.15) is 0 Å². The van der Waals surface area contributed by atoms with E-state index in [0.29, 0.717) is 23.1 Å². The molecule has 5 aromatic rings. The van der Waals surface area contributed by atoms with Crippen molar-refractivity contribution < 1.29 is 0 Å². The summed E-state index contributed by atoms with van der Waals surface area (Å²) in [4.78, 5) is 4.78. The molecule has 0 bridgehead atoms. The van der Waals surface area contributed by atoms with Crippen LogP contribution in [-0.4, -0.2) is 23.9 Å². The first-order valence-electron chi connectivity index (χ1n) is 11.8. The highest BCUT2D eigenvalue weighted by atomic mass is 35.5. The van der Waals surface area contributed by atoms with Crippen LogP contribution in [0.1, 0.15) is 22.4 Å². The van der Waals surface area contributed by atoms with E-state index in [1.54, 1.807) is 6.07 Å². The molecule has 176 valence electrons. The molecule has 0 fully saturated rings. The highest BCUT2D eigenvalue weighted by Gasteiger charge is 2.15. The predicted octanol–water partition coefficient (Wildman–Crippen LogP) is 8.30. The zero-order chi connectivity index (χ0) is 24.4. The van der Waals surface area contributed by atoms with Gasteiger partial charge >= 0.3 is 0 Å². The Bertz CT molecular complexity index is 1540. The molecule has 4 aromatic carbocycles. The lowest BCUT2D eigenvalue weighted by atomic mass is 10.1. The number of nitrogens with zero attached hydrogens (tertiary/aromatic N) is 2. The van der Waals surface area contributed by atoms with Crippen molar-refractivity contribution >= 4 is 56.8 Å². The van der Waals surface area contributed by atoms with Gasteiger partial charge in [0.15, 0.2) is 0 Å². The minimum atomic E-state index is 0.647. The summed E-state index contributed by atoms with van der Waals surface area (Å²) in [6.45, 7) is 6.43. The third-order valence-corrected chi connectivity index (χ3v) is 7.09. The molecule has 0 saturated carbocycles. The molecule has 0 aliphatic rings. The average Bonchev–Trinajstić information content (AvgIpc) is 3.12. The van der Waals surface area contributed by atoms with Crippen LogP contribution in [0.2, 0.25) is 10.0 Å². The van der Waals surface area contributed by atoms with Crippen LogP contribution in [-0.2, 0) is 6.54 Å². The van der Waals surface area contributed by atoms with Crippen LogP contribution >= 0.6 is 23.2 Å². The lowest BCUT2D eigenvalue weighted by Crippen LogP contribution is -2.06. The summed E-state index contributed by atoms with van der Waals surface area (Å²) >= 11 is 12.6. The second-order valence-corrected chi connectivity index (χ2v) is 9.62. The number of anilines is 1. The predicted molar refractivity (Wildman–Crippen MR) is 152 cm³/mol. The molecule has 0 aliphatic heterocycles. The van der Waals surface area contributed by atoms with Gasteiger partial charge in [-0.1, -0.05) is 83.9 Å². The molecule has 1 aromatic heterocycles. The van der Waals surface area contributed by atoms with E-state index in [-0.39, 0.29) is 0 Å². The third kappa shape index (κ3) is 4.80. The zero-order valence-corrected chi connectivity index (χ0v) is 21.4. The van der Waals surface area contributed by atoms with E-state index in [0.717, 1.165) is 23.4 Å². The summed E-state index contributed by atoms with van der Waals surface area (Å²) in [6, 6.07) is 26.9. The lowest BCUT2D eigenvalue weighted by Gasteiger charge is -2.12. The number of nitrogens with one attached hydrogen (secondary N) is 1. The van der Waals surface area contributed by atoms with E-state index in [4.69, 9.17) is 28.2 Å².